The first-order chi connectivity index (χ1) is 20.4. The molecule has 0 aliphatic carbocycles. The van der Waals surface area contributed by atoms with Gasteiger partial charge in [0.15, 0.2) is 0 Å². The van der Waals surface area contributed by atoms with Gasteiger partial charge >= 0.3 is 0 Å². The maximum absolute atomic E-state index is 13.3. The summed E-state index contributed by atoms with van der Waals surface area (Å²) in [6, 6.07) is 49.8. The van der Waals surface area contributed by atoms with E-state index in [2.05, 4.69) is 145 Å². The van der Waals surface area contributed by atoms with Gasteiger partial charge in [-0.1, -0.05) is 83.9 Å². The first kappa shape index (κ1) is 27.0. The molecule has 0 aliphatic rings. The van der Waals surface area contributed by atoms with Gasteiger partial charge in [-0.15, -0.1) is 0 Å². The van der Waals surface area contributed by atoms with Gasteiger partial charge in [-0.25, -0.2) is 4.39 Å². The quantitative estimate of drug-likeness (QED) is 0.196. The molecule has 0 bridgehead atoms. The van der Waals surface area contributed by atoms with Crippen LogP contribution in [0.5, 0.6) is 0 Å². The molecular formula is C39H33FN2. The zero-order valence-corrected chi connectivity index (χ0v) is 24.1. The molecule has 0 amide bonds. The van der Waals surface area contributed by atoms with Crippen LogP contribution in [0.3, 0.4) is 0 Å². The highest BCUT2D eigenvalue weighted by atomic mass is 19.1. The van der Waals surface area contributed by atoms with Crippen LogP contribution in [0.25, 0.3) is 22.3 Å². The second-order valence-corrected chi connectivity index (χ2v) is 10.7. The molecular weight excluding hydrogens is 515 g/mol. The third-order valence-corrected chi connectivity index (χ3v) is 7.73. The summed E-state index contributed by atoms with van der Waals surface area (Å²) in [7, 11) is 1.99. The van der Waals surface area contributed by atoms with E-state index in [1.54, 1.807) is 12.1 Å². The van der Waals surface area contributed by atoms with Gasteiger partial charge < -0.3 is 9.80 Å². The zero-order chi connectivity index (χ0) is 29.1. The highest BCUT2D eigenvalue weighted by molar-refractivity contribution is 5.80. The predicted octanol–water partition coefficient (Wildman–Crippen LogP) is 11.0. The number of aryl methyl sites for hydroxylation is 2. The summed E-state index contributed by atoms with van der Waals surface area (Å²) >= 11 is 0. The van der Waals surface area contributed by atoms with E-state index in [4.69, 9.17) is 0 Å². The molecule has 6 aromatic carbocycles. The lowest BCUT2D eigenvalue weighted by Crippen LogP contribution is -2.10. The highest BCUT2D eigenvalue weighted by Crippen LogP contribution is 2.37. The van der Waals surface area contributed by atoms with Gasteiger partial charge in [0.1, 0.15) is 5.82 Å². The molecule has 0 atom stereocenters. The van der Waals surface area contributed by atoms with E-state index in [1.807, 2.05) is 7.05 Å². The summed E-state index contributed by atoms with van der Waals surface area (Å²) in [5, 5.41) is 0. The molecule has 0 spiro atoms. The van der Waals surface area contributed by atoms with Crippen LogP contribution < -0.4 is 9.80 Å². The molecule has 206 valence electrons. The number of rotatable bonds is 7. The fourth-order valence-electron chi connectivity index (χ4n) is 5.18. The van der Waals surface area contributed by atoms with Crippen LogP contribution in [0.2, 0.25) is 0 Å². The van der Waals surface area contributed by atoms with E-state index < -0.39 is 0 Å². The Morgan fingerprint density at radius 2 is 0.619 bits per heavy atom. The lowest BCUT2D eigenvalue weighted by atomic mass is 10.0. The third kappa shape index (κ3) is 5.82. The molecule has 0 aromatic heterocycles. The van der Waals surface area contributed by atoms with Crippen LogP contribution in [0.15, 0.2) is 146 Å². The Balaban J connectivity index is 1.27. The van der Waals surface area contributed by atoms with Crippen molar-refractivity contribution in [1.82, 2.24) is 0 Å². The predicted molar refractivity (Wildman–Crippen MR) is 176 cm³/mol. The number of hydrogen-bond acceptors (Lipinski definition) is 2. The number of anilines is 5. The molecule has 0 saturated carbocycles. The van der Waals surface area contributed by atoms with Crippen molar-refractivity contribution in [2.24, 2.45) is 0 Å². The molecule has 6 aromatic rings. The van der Waals surface area contributed by atoms with Crippen LogP contribution in [-0.4, -0.2) is 7.05 Å². The van der Waals surface area contributed by atoms with Gasteiger partial charge in [0.2, 0.25) is 0 Å². The topological polar surface area (TPSA) is 6.48 Å². The van der Waals surface area contributed by atoms with Crippen molar-refractivity contribution in [3.63, 3.8) is 0 Å². The summed E-state index contributed by atoms with van der Waals surface area (Å²) < 4.78 is 13.3. The second-order valence-electron chi connectivity index (χ2n) is 10.7. The number of hydrogen-bond donors (Lipinski definition) is 0. The van der Waals surface area contributed by atoms with Gasteiger partial charge in [-0.2, -0.15) is 0 Å². The van der Waals surface area contributed by atoms with E-state index in [0.717, 1.165) is 39.6 Å². The van der Waals surface area contributed by atoms with Crippen molar-refractivity contribution in [2.45, 2.75) is 13.8 Å². The molecule has 2 nitrogen and oxygen atoms in total. The Morgan fingerprint density at radius 3 is 1.00 bits per heavy atom. The van der Waals surface area contributed by atoms with Crippen molar-refractivity contribution in [1.29, 1.82) is 0 Å². The zero-order valence-electron chi connectivity index (χ0n) is 24.1. The van der Waals surface area contributed by atoms with E-state index in [9.17, 15) is 4.39 Å². The number of benzene rings is 6. The third-order valence-electron chi connectivity index (χ3n) is 7.73. The fraction of sp³-hybridized carbons (Fsp3) is 0.0769. The number of nitrogens with zero attached hydrogens (tertiary/aromatic N) is 2. The lowest BCUT2D eigenvalue weighted by Gasteiger charge is -2.26. The molecule has 0 N–H and O–H groups in total. The van der Waals surface area contributed by atoms with Crippen molar-refractivity contribution < 1.29 is 4.39 Å². The molecule has 0 fully saturated rings. The first-order valence-corrected chi connectivity index (χ1v) is 14.2. The summed E-state index contributed by atoms with van der Waals surface area (Å²) in [6.07, 6.45) is 0. The minimum absolute atomic E-state index is 0.230. The average Bonchev–Trinajstić information content (AvgIpc) is 3.03. The average molecular weight is 549 g/mol. The molecule has 6 rings (SSSR count). The van der Waals surface area contributed by atoms with Crippen molar-refractivity contribution in [3.8, 4) is 22.3 Å². The van der Waals surface area contributed by atoms with E-state index in [0.29, 0.717) is 0 Å². The lowest BCUT2D eigenvalue weighted by molar-refractivity contribution is 0.628. The Labute approximate surface area is 247 Å². The van der Waals surface area contributed by atoms with Crippen LogP contribution in [0.4, 0.5) is 32.8 Å². The Morgan fingerprint density at radius 1 is 0.357 bits per heavy atom. The maximum Gasteiger partial charge on any atom is 0.123 e. The van der Waals surface area contributed by atoms with Gasteiger partial charge in [0.25, 0.3) is 0 Å². The Hall–Kier alpha value is -5.15. The Bertz CT molecular complexity index is 1750. The van der Waals surface area contributed by atoms with E-state index in [-0.39, 0.29) is 5.82 Å². The first-order valence-electron chi connectivity index (χ1n) is 14.2. The van der Waals surface area contributed by atoms with Crippen LogP contribution in [0, 0.1) is 19.7 Å². The van der Waals surface area contributed by atoms with E-state index >= 15 is 0 Å². The van der Waals surface area contributed by atoms with Crippen molar-refractivity contribution in [3.05, 3.63) is 163 Å². The second kappa shape index (κ2) is 11.8. The van der Waals surface area contributed by atoms with Crippen molar-refractivity contribution >= 4 is 28.4 Å². The van der Waals surface area contributed by atoms with Gasteiger partial charge in [0.05, 0.1) is 0 Å². The van der Waals surface area contributed by atoms with Crippen LogP contribution in [0.1, 0.15) is 11.1 Å². The molecule has 0 aliphatic heterocycles. The molecule has 3 heteroatoms. The van der Waals surface area contributed by atoms with Gasteiger partial charge in [0, 0.05) is 35.5 Å². The fourth-order valence-corrected chi connectivity index (χ4v) is 5.18. The Kier molecular flexibility index (Phi) is 7.57. The van der Waals surface area contributed by atoms with Gasteiger partial charge in [-0.3, -0.25) is 0 Å². The minimum atomic E-state index is -0.230. The summed E-state index contributed by atoms with van der Waals surface area (Å²) in [5.74, 6) is -0.230. The normalized spacial score (nSPS) is 10.9. The van der Waals surface area contributed by atoms with Crippen LogP contribution >= 0.6 is 0 Å². The number of halogens is 1. The minimum Gasteiger partial charge on any atom is -0.345 e. The molecule has 0 unspecified atom stereocenters. The smallest absolute Gasteiger partial charge is 0.123 e. The maximum atomic E-state index is 13.3. The molecule has 0 saturated heterocycles. The van der Waals surface area contributed by atoms with Crippen molar-refractivity contribution in [2.75, 3.05) is 16.8 Å². The van der Waals surface area contributed by atoms with E-state index in [1.165, 1.54) is 34.4 Å². The molecule has 42 heavy (non-hydrogen) atoms. The monoisotopic (exact) mass is 548 g/mol. The van der Waals surface area contributed by atoms with Crippen LogP contribution in [-0.2, 0) is 0 Å². The largest absolute Gasteiger partial charge is 0.345 e. The standard InChI is InChI=1S/C39H33FN2/c1-28-4-8-30(9-5-28)32-12-22-38(23-13-32)42(37-18-6-29(2)7-19-37)39-24-14-33(15-25-39)31-10-20-35(21-11-31)41(3)36-26-16-34(40)17-27-36/h4-27H,1-3H3. The SMILES string of the molecule is Cc1ccc(-c2ccc(N(c3ccc(C)cc3)c3ccc(-c4ccc(N(C)c5ccc(F)cc5)cc4)cc3)cc2)cc1. The summed E-state index contributed by atoms with van der Waals surface area (Å²) in [4.78, 5) is 4.35. The molecule has 0 radical (unpaired) electrons. The highest BCUT2D eigenvalue weighted by Gasteiger charge is 2.13. The summed E-state index contributed by atoms with van der Waals surface area (Å²) in [5.41, 5.74) is 12.5. The summed E-state index contributed by atoms with van der Waals surface area (Å²) in [6.45, 7) is 4.23. The molecule has 0 heterocycles. The van der Waals surface area contributed by atoms with Gasteiger partial charge in [-0.05, 0) is 109 Å².